The number of methoxy groups -OCH3 is 1. The Morgan fingerprint density at radius 1 is 0.701 bits per heavy atom. The number of morpholine rings is 2. The van der Waals surface area contributed by atoms with E-state index in [2.05, 4.69) is 14.7 Å². The molecule has 0 radical (unpaired) electrons. The SMILES string of the molecule is CC1CN(C(=O)c2ncc(Cl)cc2NS(=O)(=O)c2ccc(Cl)c(C(F)(F)F)c2)CC(C)O1.COCN(c1cc(Cl)cnc1C(=O)N1CC(C)OC(C)C1)S(=O)(=O)c1ccc(Cl)c(C(F)(F)F)c1. The molecule has 6 rings (SSSR count). The summed E-state index contributed by atoms with van der Waals surface area (Å²) in [6.45, 7) is 7.48. The van der Waals surface area contributed by atoms with Gasteiger partial charge in [-0.1, -0.05) is 46.4 Å². The molecule has 0 aliphatic carbocycles. The van der Waals surface area contributed by atoms with Crippen molar-refractivity contribution in [1.82, 2.24) is 19.8 Å². The fraction of sp³-hybridized carbons (Fsp3) is 0.400. The third kappa shape index (κ3) is 13.1. The number of hydrogen-bond acceptors (Lipinski definition) is 11. The van der Waals surface area contributed by atoms with Gasteiger partial charge in [0.25, 0.3) is 31.9 Å². The molecule has 0 bridgehead atoms. The Balaban J connectivity index is 0.000000252. The molecule has 2 fully saturated rings. The zero-order valence-corrected chi connectivity index (χ0v) is 40.3. The average Bonchev–Trinajstić information content (AvgIpc) is 3.21. The number of ether oxygens (including phenoxy) is 3. The summed E-state index contributed by atoms with van der Waals surface area (Å²) in [4.78, 5) is 35.9. The van der Waals surface area contributed by atoms with E-state index in [1.54, 1.807) is 27.7 Å². The standard InChI is InChI=1S/C21H22Cl2F3N3O5S.C19H18Cl2F3N3O4S/c1-12-9-28(10-13(2)34-12)20(30)19-18(6-14(22)8-27-19)29(11-33-3)35(31,32)15-4-5-17(23)16(7-15)21(24,25)26;1-10-8-27(9-11(2)31-10)18(28)17-16(5-12(20)7-25-17)26-32(29,30)13-3-4-15(21)14(6-13)19(22,23)24/h4-8,12-13H,9-11H2,1-3H3;3-7,10-11,26H,8-9H2,1-2H3. The average molecular weight is 1070 g/mol. The van der Waals surface area contributed by atoms with E-state index in [0.717, 1.165) is 30.3 Å². The van der Waals surface area contributed by atoms with Crippen LogP contribution in [0, 0.1) is 0 Å². The number of anilines is 2. The topological polar surface area (TPSA) is 178 Å². The van der Waals surface area contributed by atoms with Gasteiger partial charge in [0.15, 0.2) is 11.4 Å². The zero-order valence-electron chi connectivity index (χ0n) is 35.6. The highest BCUT2D eigenvalue weighted by molar-refractivity contribution is 7.93. The highest BCUT2D eigenvalue weighted by atomic mass is 35.5. The van der Waals surface area contributed by atoms with Crippen LogP contribution in [-0.2, 0) is 46.6 Å². The molecule has 2 saturated heterocycles. The molecular formula is C40H40Cl4F6N6O9S2. The van der Waals surface area contributed by atoms with Crippen molar-refractivity contribution >= 4 is 89.6 Å². The van der Waals surface area contributed by atoms with Crippen LogP contribution in [0.25, 0.3) is 0 Å². The minimum absolute atomic E-state index is 0.00338. The van der Waals surface area contributed by atoms with Crippen molar-refractivity contribution in [2.24, 2.45) is 0 Å². The number of pyridine rings is 2. The van der Waals surface area contributed by atoms with Crippen molar-refractivity contribution < 1.29 is 67.0 Å². The van der Waals surface area contributed by atoms with Crippen molar-refractivity contribution in [2.45, 2.75) is 74.3 Å². The van der Waals surface area contributed by atoms with Gasteiger partial charge in [-0.2, -0.15) is 26.3 Å². The van der Waals surface area contributed by atoms with Crippen LogP contribution in [0.5, 0.6) is 0 Å². The molecule has 4 unspecified atom stereocenters. The van der Waals surface area contributed by atoms with Crippen molar-refractivity contribution in [3.8, 4) is 0 Å². The quantitative estimate of drug-likeness (QED) is 0.119. The van der Waals surface area contributed by atoms with Crippen LogP contribution < -0.4 is 9.03 Å². The Morgan fingerprint density at radius 2 is 1.12 bits per heavy atom. The minimum Gasteiger partial charge on any atom is -0.372 e. The molecule has 67 heavy (non-hydrogen) atoms. The van der Waals surface area contributed by atoms with Gasteiger partial charge in [-0.15, -0.1) is 0 Å². The van der Waals surface area contributed by atoms with Gasteiger partial charge >= 0.3 is 12.4 Å². The lowest BCUT2D eigenvalue weighted by Gasteiger charge is -2.35. The maximum atomic E-state index is 13.5. The first-order valence-corrected chi connectivity index (χ1v) is 24.0. The Kier molecular flexibility index (Phi) is 17.0. The molecular weight excluding hydrogens is 1030 g/mol. The van der Waals surface area contributed by atoms with E-state index in [-0.39, 0.29) is 83.4 Å². The van der Waals surface area contributed by atoms with Crippen molar-refractivity contribution in [2.75, 3.05) is 49.0 Å². The number of nitrogens with one attached hydrogen (secondary N) is 1. The summed E-state index contributed by atoms with van der Waals surface area (Å²) in [5, 5.41) is -1.28. The van der Waals surface area contributed by atoms with Crippen LogP contribution >= 0.6 is 46.4 Å². The van der Waals surface area contributed by atoms with Gasteiger partial charge < -0.3 is 24.0 Å². The number of carbonyl (C=O) groups excluding carboxylic acids is 2. The number of sulfonamides is 2. The summed E-state index contributed by atoms with van der Waals surface area (Å²) in [5.41, 5.74) is -3.66. The van der Waals surface area contributed by atoms with Gasteiger partial charge in [0, 0.05) is 45.7 Å². The van der Waals surface area contributed by atoms with E-state index in [0.29, 0.717) is 16.4 Å². The lowest BCUT2D eigenvalue weighted by atomic mass is 10.2. The monoisotopic (exact) mass is 1070 g/mol. The summed E-state index contributed by atoms with van der Waals surface area (Å²) < 4.78 is 151. The van der Waals surface area contributed by atoms with E-state index in [1.807, 2.05) is 0 Å². The lowest BCUT2D eigenvalue weighted by Crippen LogP contribution is -2.48. The number of amides is 2. The molecule has 2 amide bonds. The number of aromatic nitrogens is 2. The third-order valence-corrected chi connectivity index (χ3v) is 13.8. The number of nitrogens with zero attached hydrogens (tertiary/aromatic N) is 5. The Bertz CT molecular complexity index is 2700. The van der Waals surface area contributed by atoms with Crippen molar-refractivity contribution in [3.63, 3.8) is 0 Å². The maximum absolute atomic E-state index is 13.5. The zero-order chi connectivity index (χ0) is 50.0. The summed E-state index contributed by atoms with van der Waals surface area (Å²) in [5.74, 6) is -1.17. The maximum Gasteiger partial charge on any atom is 0.417 e. The van der Waals surface area contributed by atoms with Gasteiger partial charge in [-0.25, -0.2) is 31.1 Å². The number of hydrogen-bond donors (Lipinski definition) is 1. The van der Waals surface area contributed by atoms with Crippen LogP contribution in [0.2, 0.25) is 20.1 Å². The normalized spacial score (nSPS) is 19.3. The highest BCUT2D eigenvalue weighted by Crippen LogP contribution is 2.39. The van der Waals surface area contributed by atoms with Gasteiger partial charge in [-0.3, -0.25) is 14.3 Å². The summed E-state index contributed by atoms with van der Waals surface area (Å²) in [7, 11) is -8.04. The van der Waals surface area contributed by atoms with E-state index in [1.165, 1.54) is 35.4 Å². The second-order valence-electron chi connectivity index (χ2n) is 15.2. The van der Waals surface area contributed by atoms with E-state index in [4.69, 9.17) is 60.6 Å². The van der Waals surface area contributed by atoms with E-state index >= 15 is 0 Å². The second-order valence-corrected chi connectivity index (χ2v) is 20.4. The van der Waals surface area contributed by atoms with Gasteiger partial charge in [-0.05, 0) is 76.2 Å². The summed E-state index contributed by atoms with van der Waals surface area (Å²) >= 11 is 23.2. The molecule has 366 valence electrons. The predicted octanol–water partition coefficient (Wildman–Crippen LogP) is 8.91. The molecule has 1 N–H and O–H groups in total. The first-order valence-electron chi connectivity index (χ1n) is 19.5. The van der Waals surface area contributed by atoms with Crippen LogP contribution in [0.1, 0.15) is 59.8 Å². The van der Waals surface area contributed by atoms with E-state index < -0.39 is 81.9 Å². The van der Waals surface area contributed by atoms with Gasteiger partial charge in [0.05, 0.1) is 76.8 Å². The molecule has 2 aliphatic heterocycles. The molecule has 2 aromatic heterocycles. The predicted molar refractivity (Wildman–Crippen MR) is 236 cm³/mol. The molecule has 0 spiro atoms. The van der Waals surface area contributed by atoms with Crippen molar-refractivity contribution in [3.05, 3.63) is 104 Å². The van der Waals surface area contributed by atoms with Crippen LogP contribution in [0.4, 0.5) is 37.7 Å². The molecule has 4 atom stereocenters. The number of alkyl halides is 6. The molecule has 4 aromatic rings. The fourth-order valence-corrected chi connectivity index (χ4v) is 10.2. The van der Waals surface area contributed by atoms with Crippen LogP contribution in [0.15, 0.2) is 70.7 Å². The van der Waals surface area contributed by atoms with Crippen molar-refractivity contribution in [1.29, 1.82) is 0 Å². The number of benzene rings is 2. The third-order valence-electron chi connectivity index (χ3n) is 9.65. The summed E-state index contributed by atoms with van der Waals surface area (Å²) in [6.07, 6.45) is -8.44. The Labute approximate surface area is 401 Å². The van der Waals surface area contributed by atoms with Crippen LogP contribution in [0.3, 0.4) is 0 Å². The smallest absolute Gasteiger partial charge is 0.372 e. The Morgan fingerprint density at radius 3 is 1.58 bits per heavy atom. The first-order chi connectivity index (χ1) is 31.0. The molecule has 27 heteroatoms. The number of halogens is 10. The van der Waals surface area contributed by atoms with Gasteiger partial charge in [0.1, 0.15) is 6.73 Å². The fourth-order valence-electron chi connectivity index (χ4n) is 6.95. The number of rotatable bonds is 10. The molecule has 15 nitrogen and oxygen atoms in total. The van der Waals surface area contributed by atoms with Crippen LogP contribution in [-0.4, -0.2) is 113 Å². The van der Waals surface area contributed by atoms with Gasteiger partial charge in [0.2, 0.25) is 0 Å². The molecule has 0 saturated carbocycles. The lowest BCUT2D eigenvalue weighted by molar-refractivity contribution is -0.138. The largest absolute Gasteiger partial charge is 0.417 e. The van der Waals surface area contributed by atoms with E-state index in [9.17, 15) is 52.8 Å². The minimum atomic E-state index is -4.89. The Hall–Kier alpha value is -4.20. The second kappa shape index (κ2) is 21.2. The molecule has 2 aliphatic rings. The number of carbonyl (C=O) groups is 2. The summed E-state index contributed by atoms with van der Waals surface area (Å²) in [6, 6.07) is 6.70. The molecule has 4 heterocycles. The molecule has 2 aromatic carbocycles. The first kappa shape index (κ1) is 53.8. The highest BCUT2D eigenvalue weighted by Gasteiger charge is 2.39.